The summed E-state index contributed by atoms with van der Waals surface area (Å²) in [5.41, 5.74) is 3.02. The average molecular weight is 471 g/mol. The molecular formula is C19H17ClF2N4O2S2. The SMILES string of the molecule is O=S(=O)(Nc1cscn1)c1ccc(Nc2ccc(F)cc2N2CC[C@@H](F)C2)c(Cl)c1. The first-order valence-electron chi connectivity index (χ1n) is 8.98. The molecule has 2 N–H and O–H groups in total. The van der Waals surface area contributed by atoms with Gasteiger partial charge >= 0.3 is 0 Å². The quantitative estimate of drug-likeness (QED) is 0.528. The Balaban J connectivity index is 1.59. The lowest BCUT2D eigenvalue weighted by atomic mass is 10.2. The van der Waals surface area contributed by atoms with E-state index in [2.05, 4.69) is 15.0 Å². The van der Waals surface area contributed by atoms with Gasteiger partial charge in [-0.05, 0) is 42.8 Å². The number of hydrogen-bond donors (Lipinski definition) is 2. The van der Waals surface area contributed by atoms with Gasteiger partial charge < -0.3 is 10.2 Å². The summed E-state index contributed by atoms with van der Waals surface area (Å²) in [6, 6.07) is 8.41. The number of rotatable bonds is 6. The molecule has 0 aliphatic carbocycles. The van der Waals surface area contributed by atoms with Crippen molar-refractivity contribution in [1.82, 2.24) is 4.98 Å². The van der Waals surface area contributed by atoms with Gasteiger partial charge in [0.1, 0.15) is 12.0 Å². The van der Waals surface area contributed by atoms with Gasteiger partial charge in [-0.25, -0.2) is 22.2 Å². The van der Waals surface area contributed by atoms with Crippen LogP contribution in [0.15, 0.2) is 52.2 Å². The maximum absolute atomic E-state index is 13.8. The Morgan fingerprint density at radius 1 is 1.20 bits per heavy atom. The van der Waals surface area contributed by atoms with Crippen LogP contribution in [0.2, 0.25) is 5.02 Å². The van der Waals surface area contributed by atoms with E-state index in [1.165, 1.54) is 47.2 Å². The van der Waals surface area contributed by atoms with E-state index in [0.29, 0.717) is 30.0 Å². The van der Waals surface area contributed by atoms with Gasteiger partial charge in [-0.15, -0.1) is 11.3 Å². The van der Waals surface area contributed by atoms with Crippen LogP contribution in [0.5, 0.6) is 0 Å². The summed E-state index contributed by atoms with van der Waals surface area (Å²) in [5, 5.41) is 4.83. The van der Waals surface area contributed by atoms with Crippen molar-refractivity contribution in [2.24, 2.45) is 0 Å². The van der Waals surface area contributed by atoms with Gasteiger partial charge in [0.05, 0.1) is 32.5 Å². The summed E-state index contributed by atoms with van der Waals surface area (Å²) >= 11 is 7.58. The maximum atomic E-state index is 13.8. The monoisotopic (exact) mass is 470 g/mol. The van der Waals surface area contributed by atoms with Gasteiger partial charge in [0.25, 0.3) is 10.0 Å². The molecule has 158 valence electrons. The van der Waals surface area contributed by atoms with Crippen molar-refractivity contribution >= 4 is 55.8 Å². The van der Waals surface area contributed by atoms with Crippen molar-refractivity contribution in [3.63, 3.8) is 0 Å². The minimum Gasteiger partial charge on any atom is -0.367 e. The van der Waals surface area contributed by atoms with E-state index >= 15 is 0 Å². The lowest BCUT2D eigenvalue weighted by Crippen LogP contribution is -2.21. The molecule has 2 aromatic carbocycles. The Morgan fingerprint density at radius 2 is 2.00 bits per heavy atom. The molecule has 2 heterocycles. The topological polar surface area (TPSA) is 74.3 Å². The number of hydrogen-bond acceptors (Lipinski definition) is 6. The fourth-order valence-electron chi connectivity index (χ4n) is 3.18. The van der Waals surface area contributed by atoms with Crippen molar-refractivity contribution in [2.45, 2.75) is 17.5 Å². The molecule has 0 bridgehead atoms. The van der Waals surface area contributed by atoms with Crippen LogP contribution < -0.4 is 14.9 Å². The van der Waals surface area contributed by atoms with Gasteiger partial charge in [0.15, 0.2) is 5.82 Å². The molecule has 1 aliphatic rings. The van der Waals surface area contributed by atoms with Crippen LogP contribution in [0.3, 0.4) is 0 Å². The second kappa shape index (κ2) is 8.37. The van der Waals surface area contributed by atoms with E-state index < -0.39 is 22.0 Å². The molecule has 0 amide bonds. The Morgan fingerprint density at radius 3 is 2.67 bits per heavy atom. The van der Waals surface area contributed by atoms with Crippen molar-refractivity contribution < 1.29 is 17.2 Å². The van der Waals surface area contributed by atoms with Crippen LogP contribution in [0.25, 0.3) is 0 Å². The zero-order chi connectivity index (χ0) is 21.3. The molecular weight excluding hydrogens is 454 g/mol. The first-order chi connectivity index (χ1) is 14.3. The molecule has 0 spiro atoms. The Labute approximate surface area is 181 Å². The maximum Gasteiger partial charge on any atom is 0.263 e. The predicted molar refractivity (Wildman–Crippen MR) is 116 cm³/mol. The molecule has 1 saturated heterocycles. The predicted octanol–water partition coefficient (Wildman–Crippen LogP) is 5.03. The summed E-state index contributed by atoms with van der Waals surface area (Å²) in [4.78, 5) is 5.65. The van der Waals surface area contributed by atoms with Crippen LogP contribution in [0, 0.1) is 5.82 Å². The van der Waals surface area contributed by atoms with Crippen molar-refractivity contribution in [3.8, 4) is 0 Å². The number of nitrogens with zero attached hydrogens (tertiary/aromatic N) is 2. The third-order valence-electron chi connectivity index (χ3n) is 4.62. The second-order valence-corrected chi connectivity index (χ2v) is 9.55. The van der Waals surface area contributed by atoms with Crippen molar-refractivity contribution in [3.05, 3.63) is 58.1 Å². The van der Waals surface area contributed by atoms with Gasteiger partial charge in [-0.3, -0.25) is 4.72 Å². The summed E-state index contributed by atoms with van der Waals surface area (Å²) in [6.07, 6.45) is -0.575. The number of anilines is 4. The highest BCUT2D eigenvalue weighted by molar-refractivity contribution is 7.92. The first-order valence-corrected chi connectivity index (χ1v) is 11.8. The lowest BCUT2D eigenvalue weighted by Gasteiger charge is -2.22. The van der Waals surface area contributed by atoms with Gasteiger partial charge in [0.2, 0.25) is 0 Å². The molecule has 30 heavy (non-hydrogen) atoms. The highest BCUT2D eigenvalue weighted by atomic mass is 35.5. The van der Waals surface area contributed by atoms with Gasteiger partial charge in [0, 0.05) is 18.5 Å². The molecule has 0 radical (unpaired) electrons. The third kappa shape index (κ3) is 4.50. The molecule has 1 aliphatic heterocycles. The largest absolute Gasteiger partial charge is 0.367 e. The number of nitrogens with one attached hydrogen (secondary N) is 2. The van der Waals surface area contributed by atoms with Crippen LogP contribution in [-0.4, -0.2) is 32.7 Å². The number of aromatic nitrogens is 1. The second-order valence-electron chi connectivity index (χ2n) is 6.74. The number of halogens is 3. The zero-order valence-electron chi connectivity index (χ0n) is 15.5. The molecule has 11 heteroatoms. The normalized spacial score (nSPS) is 16.6. The minimum atomic E-state index is -3.85. The molecule has 4 rings (SSSR count). The summed E-state index contributed by atoms with van der Waals surface area (Å²) in [6.45, 7) is 0.665. The highest BCUT2D eigenvalue weighted by Gasteiger charge is 2.24. The van der Waals surface area contributed by atoms with E-state index in [1.54, 1.807) is 16.3 Å². The van der Waals surface area contributed by atoms with E-state index in [1.807, 2.05) is 0 Å². The van der Waals surface area contributed by atoms with Crippen LogP contribution in [0.4, 0.5) is 31.7 Å². The molecule has 0 unspecified atom stereocenters. The Hall–Kier alpha value is -2.43. The van der Waals surface area contributed by atoms with Crippen molar-refractivity contribution in [1.29, 1.82) is 0 Å². The standard InChI is InChI=1S/C19H17ClF2N4O2S2/c20-15-8-14(30(27,28)25-19-10-29-11-23-19)2-4-16(15)24-17-3-1-12(21)7-18(17)26-6-5-13(22)9-26/h1-4,7-8,10-11,13,24-25H,5-6,9H2/t13-/m1/s1. The molecule has 3 aromatic rings. The molecule has 1 aromatic heterocycles. The Bertz CT molecular complexity index is 1160. The molecule has 6 nitrogen and oxygen atoms in total. The summed E-state index contributed by atoms with van der Waals surface area (Å²) in [5.74, 6) is -0.204. The summed E-state index contributed by atoms with van der Waals surface area (Å²) in [7, 11) is -3.85. The van der Waals surface area contributed by atoms with Crippen molar-refractivity contribution in [2.75, 3.05) is 28.0 Å². The zero-order valence-corrected chi connectivity index (χ0v) is 17.9. The first kappa shape index (κ1) is 20.8. The van der Waals surface area contributed by atoms with E-state index in [-0.39, 0.29) is 22.3 Å². The number of alkyl halides is 1. The Kier molecular flexibility index (Phi) is 5.81. The smallest absolute Gasteiger partial charge is 0.263 e. The molecule has 1 atom stereocenters. The van der Waals surface area contributed by atoms with Gasteiger partial charge in [-0.2, -0.15) is 0 Å². The van der Waals surface area contributed by atoms with E-state index in [9.17, 15) is 17.2 Å². The minimum absolute atomic E-state index is 0.0230. The highest BCUT2D eigenvalue weighted by Crippen LogP contribution is 2.35. The molecule has 0 saturated carbocycles. The average Bonchev–Trinajstić information content (AvgIpc) is 3.36. The lowest BCUT2D eigenvalue weighted by molar-refractivity contribution is 0.364. The number of sulfonamides is 1. The van der Waals surface area contributed by atoms with Crippen LogP contribution >= 0.6 is 22.9 Å². The number of thiazole rings is 1. The van der Waals surface area contributed by atoms with E-state index in [4.69, 9.17) is 11.6 Å². The molecule has 1 fully saturated rings. The fourth-order valence-corrected chi connectivity index (χ4v) is 5.05. The fraction of sp³-hybridized carbons (Fsp3) is 0.211. The van der Waals surface area contributed by atoms with Crippen LogP contribution in [-0.2, 0) is 10.0 Å². The van der Waals surface area contributed by atoms with Gasteiger partial charge in [-0.1, -0.05) is 11.6 Å². The third-order valence-corrected chi connectivity index (χ3v) is 6.87. The van der Waals surface area contributed by atoms with E-state index in [0.717, 1.165) is 0 Å². The summed E-state index contributed by atoms with van der Waals surface area (Å²) < 4.78 is 54.8. The van der Waals surface area contributed by atoms with Crippen LogP contribution in [0.1, 0.15) is 6.42 Å². The number of benzene rings is 2.